The van der Waals surface area contributed by atoms with Crippen molar-refractivity contribution in [2.24, 2.45) is 0 Å². The molecule has 2 aromatic rings. The summed E-state index contributed by atoms with van der Waals surface area (Å²) in [4.78, 5) is 7.96. The zero-order valence-electron chi connectivity index (χ0n) is 10.9. The summed E-state index contributed by atoms with van der Waals surface area (Å²) in [5, 5.41) is 5.19. The number of anilines is 2. The highest BCUT2D eigenvalue weighted by molar-refractivity contribution is 7.64. The molecular weight excluding hydrogens is 300 g/mol. The van der Waals surface area contributed by atoms with Crippen LogP contribution >= 0.6 is 31.1 Å². The first kappa shape index (κ1) is 14.5. The van der Waals surface area contributed by atoms with Crippen LogP contribution in [0, 0.1) is 6.92 Å². The molecule has 0 aliphatic carbocycles. The number of hydrogen-bond donors (Lipinski definition) is 1. The van der Waals surface area contributed by atoms with Crippen molar-refractivity contribution >= 4 is 47.9 Å². The first-order valence-electron chi connectivity index (χ1n) is 5.71. The Morgan fingerprint density at radius 1 is 1.21 bits per heavy atom. The third-order valence-corrected chi connectivity index (χ3v) is 4.60. The van der Waals surface area contributed by atoms with E-state index in [4.69, 9.17) is 23.2 Å². The highest BCUT2D eigenvalue weighted by Gasteiger charge is 2.12. The molecule has 0 radical (unpaired) electrons. The van der Waals surface area contributed by atoms with Crippen LogP contribution in [0.1, 0.15) is 5.56 Å². The summed E-state index contributed by atoms with van der Waals surface area (Å²) in [6, 6.07) is 6.14. The molecule has 1 aromatic heterocycles. The number of rotatable bonds is 3. The van der Waals surface area contributed by atoms with E-state index in [1.807, 2.05) is 12.1 Å². The van der Waals surface area contributed by atoms with Crippen LogP contribution in [0.5, 0.6) is 0 Å². The first-order chi connectivity index (χ1) is 8.99. The van der Waals surface area contributed by atoms with E-state index in [0.29, 0.717) is 10.8 Å². The zero-order chi connectivity index (χ0) is 14.0. The topological polar surface area (TPSA) is 37.8 Å². The molecule has 0 atom stereocenters. The summed E-state index contributed by atoms with van der Waals surface area (Å²) in [5.41, 5.74) is 2.28. The lowest BCUT2D eigenvalue weighted by Gasteiger charge is -2.17. The Morgan fingerprint density at radius 2 is 1.95 bits per heavy atom. The summed E-state index contributed by atoms with van der Waals surface area (Å²) in [6.45, 7) is 6.55. The Hall–Kier alpha value is -0.890. The number of hydrogen-bond acceptors (Lipinski definition) is 3. The predicted octanol–water partition coefficient (Wildman–Crippen LogP) is 4.20. The Morgan fingerprint density at radius 3 is 2.63 bits per heavy atom. The maximum atomic E-state index is 6.08. The van der Waals surface area contributed by atoms with Crippen LogP contribution in [0.4, 0.5) is 11.5 Å². The van der Waals surface area contributed by atoms with Gasteiger partial charge in [0, 0.05) is 11.0 Å². The van der Waals surface area contributed by atoms with E-state index in [0.717, 1.165) is 5.69 Å². The monoisotopic (exact) mass is 313 g/mol. The van der Waals surface area contributed by atoms with Crippen molar-refractivity contribution in [2.45, 2.75) is 6.92 Å². The first-order valence-corrected chi connectivity index (χ1v) is 8.70. The Labute approximate surface area is 124 Å². The van der Waals surface area contributed by atoms with Crippen LogP contribution in [0.15, 0.2) is 24.4 Å². The minimum atomic E-state index is -0.233. The third-order valence-electron chi connectivity index (χ3n) is 2.65. The summed E-state index contributed by atoms with van der Waals surface area (Å²) in [6.07, 6.45) is 1.50. The summed E-state index contributed by atoms with van der Waals surface area (Å²) in [5.74, 6) is 0.533. The minimum absolute atomic E-state index is 0.177. The van der Waals surface area contributed by atoms with Gasteiger partial charge in [-0.1, -0.05) is 31.7 Å². The average molecular weight is 314 g/mol. The van der Waals surface area contributed by atoms with Gasteiger partial charge >= 0.3 is 0 Å². The number of aromatic nitrogens is 2. The minimum Gasteiger partial charge on any atom is -0.338 e. The molecule has 0 saturated carbocycles. The molecule has 0 fully saturated rings. The van der Waals surface area contributed by atoms with Gasteiger partial charge in [0.1, 0.15) is 5.02 Å². The van der Waals surface area contributed by atoms with Crippen molar-refractivity contribution in [3.8, 4) is 0 Å². The van der Waals surface area contributed by atoms with Gasteiger partial charge in [0.05, 0.1) is 6.20 Å². The van der Waals surface area contributed by atoms with Crippen LogP contribution in [-0.2, 0) is 0 Å². The molecule has 1 N–H and O–H groups in total. The van der Waals surface area contributed by atoms with E-state index in [2.05, 4.69) is 41.6 Å². The van der Waals surface area contributed by atoms with Gasteiger partial charge in [-0.25, -0.2) is 4.98 Å². The lowest BCUT2D eigenvalue weighted by molar-refractivity contribution is 1.17. The normalized spacial score (nSPS) is 10.8. The lowest BCUT2D eigenvalue weighted by Crippen LogP contribution is -2.11. The Bertz CT molecular complexity index is 602. The molecule has 0 aliphatic heterocycles. The Kier molecular flexibility index (Phi) is 4.62. The van der Waals surface area contributed by atoms with Crippen molar-refractivity contribution in [3.05, 3.63) is 40.3 Å². The lowest BCUT2D eigenvalue weighted by atomic mass is 10.2. The number of halogens is 2. The van der Waals surface area contributed by atoms with Crippen LogP contribution in [0.2, 0.25) is 10.3 Å². The van der Waals surface area contributed by atoms with Crippen LogP contribution in [0.25, 0.3) is 0 Å². The molecule has 19 heavy (non-hydrogen) atoms. The number of nitrogens with zero attached hydrogens (tertiary/aromatic N) is 2. The fourth-order valence-corrected chi connectivity index (χ4v) is 3.58. The largest absolute Gasteiger partial charge is 0.338 e. The van der Waals surface area contributed by atoms with Crippen LogP contribution in [-0.4, -0.2) is 23.3 Å². The van der Waals surface area contributed by atoms with Gasteiger partial charge in [-0.3, -0.25) is 0 Å². The van der Waals surface area contributed by atoms with Gasteiger partial charge in [-0.2, -0.15) is 4.98 Å². The van der Waals surface area contributed by atoms with E-state index in [1.165, 1.54) is 17.1 Å². The van der Waals surface area contributed by atoms with E-state index >= 15 is 0 Å². The van der Waals surface area contributed by atoms with E-state index in [-0.39, 0.29) is 13.2 Å². The van der Waals surface area contributed by atoms with Crippen LogP contribution < -0.4 is 10.6 Å². The fraction of sp³-hybridized carbons (Fsp3) is 0.231. The van der Waals surface area contributed by atoms with Crippen molar-refractivity contribution in [2.75, 3.05) is 18.6 Å². The van der Waals surface area contributed by atoms with Crippen molar-refractivity contribution in [1.82, 2.24) is 9.97 Å². The molecule has 0 saturated heterocycles. The smallest absolute Gasteiger partial charge is 0.224 e. The van der Waals surface area contributed by atoms with E-state index in [9.17, 15) is 0 Å². The molecule has 0 bridgehead atoms. The highest BCUT2D eigenvalue weighted by atomic mass is 35.5. The highest BCUT2D eigenvalue weighted by Crippen LogP contribution is 2.32. The molecule has 0 amide bonds. The van der Waals surface area contributed by atoms with Gasteiger partial charge in [-0.15, -0.1) is 0 Å². The standard InChI is InChI=1S/C13H14Cl2N3P/c1-8-5-4-6-10(11(8)19(2)3)17-12-9(14)7-16-13(15)18-12/h4-7H,1-3H3,(H,16,17,18). The fourth-order valence-electron chi connectivity index (χ4n) is 1.91. The molecule has 0 unspecified atom stereocenters. The molecule has 3 nitrogen and oxygen atoms in total. The van der Waals surface area contributed by atoms with Gasteiger partial charge in [0.15, 0.2) is 5.82 Å². The van der Waals surface area contributed by atoms with Gasteiger partial charge in [-0.05, 0) is 43.5 Å². The molecular formula is C13H14Cl2N3P. The molecule has 2 rings (SSSR count). The summed E-state index contributed by atoms with van der Waals surface area (Å²) in [7, 11) is -0.233. The molecule has 6 heteroatoms. The molecule has 0 aliphatic rings. The van der Waals surface area contributed by atoms with Crippen LogP contribution in [0.3, 0.4) is 0 Å². The maximum Gasteiger partial charge on any atom is 0.224 e. The van der Waals surface area contributed by atoms with Gasteiger partial charge in [0.2, 0.25) is 5.28 Å². The summed E-state index contributed by atoms with van der Waals surface area (Å²) >= 11 is 11.9. The second-order valence-electron chi connectivity index (χ2n) is 4.33. The number of benzene rings is 1. The second-order valence-corrected chi connectivity index (χ2v) is 7.31. The maximum absolute atomic E-state index is 6.08. The predicted molar refractivity (Wildman–Crippen MR) is 84.9 cm³/mol. The van der Waals surface area contributed by atoms with Crippen molar-refractivity contribution < 1.29 is 0 Å². The molecule has 1 aromatic carbocycles. The molecule has 1 heterocycles. The SMILES string of the molecule is Cc1cccc(Nc2nc(Cl)ncc2Cl)c1P(C)C. The van der Waals surface area contributed by atoms with E-state index in [1.54, 1.807) is 0 Å². The van der Waals surface area contributed by atoms with E-state index < -0.39 is 0 Å². The second kappa shape index (κ2) is 6.04. The van der Waals surface area contributed by atoms with Gasteiger partial charge < -0.3 is 5.32 Å². The zero-order valence-corrected chi connectivity index (χ0v) is 13.3. The molecule has 0 spiro atoms. The van der Waals surface area contributed by atoms with Crippen molar-refractivity contribution in [1.29, 1.82) is 0 Å². The summed E-state index contributed by atoms with van der Waals surface area (Å²) < 4.78 is 0. The van der Waals surface area contributed by atoms with Gasteiger partial charge in [0.25, 0.3) is 0 Å². The van der Waals surface area contributed by atoms with Crippen molar-refractivity contribution in [3.63, 3.8) is 0 Å². The quantitative estimate of drug-likeness (QED) is 0.681. The Balaban J connectivity index is 2.44. The number of aryl methyl sites for hydroxylation is 1. The molecule has 100 valence electrons. The number of nitrogens with one attached hydrogen (secondary N) is 1. The third kappa shape index (κ3) is 3.36. The average Bonchev–Trinajstić information content (AvgIpc) is 2.33.